The minimum atomic E-state index is 0. The average molecular weight is 604 g/mol. The molecular weight excluding hydrogens is 562 g/mol. The van der Waals surface area contributed by atoms with Crippen molar-refractivity contribution in [2.45, 2.75) is 108 Å². The van der Waals surface area contributed by atoms with Crippen LogP contribution < -0.4 is 24.8 Å². The number of halogens is 2. The van der Waals surface area contributed by atoms with Crippen molar-refractivity contribution in [1.82, 2.24) is 0 Å². The molecule has 0 saturated heterocycles. The Kier molecular flexibility index (Phi) is 18.5. The number of unbranched alkanes of at least 4 members (excludes halogenated alkanes) is 2. The van der Waals surface area contributed by atoms with Crippen LogP contribution in [0, 0.1) is 55.4 Å². The zero-order valence-corrected chi connectivity index (χ0v) is 25.6. The molecule has 29 heavy (non-hydrogen) atoms. The van der Waals surface area contributed by atoms with Crippen LogP contribution in [-0.2, 0) is 38.7 Å². The Hall–Kier alpha value is 0.150. The van der Waals surface area contributed by atoms with E-state index in [0.29, 0.717) is 0 Å². The molecule has 0 radical (unpaired) electrons. The Morgan fingerprint density at radius 2 is 0.690 bits per heavy atom. The number of hydrogen-bond donors (Lipinski definition) is 0. The van der Waals surface area contributed by atoms with Crippen LogP contribution in [0.15, 0.2) is 0 Å². The first-order chi connectivity index (χ1) is 12.2. The maximum absolute atomic E-state index is 2.26. The first kappa shape index (κ1) is 33.8. The molecule has 0 amide bonds. The van der Waals surface area contributed by atoms with E-state index in [0.717, 1.165) is 0 Å². The topological polar surface area (TPSA) is 0 Å². The predicted molar refractivity (Wildman–Crippen MR) is 119 cm³/mol. The molecular formula is C26H42Cl2Hf. The van der Waals surface area contributed by atoms with Gasteiger partial charge in [-0.2, -0.15) is 55.6 Å². The van der Waals surface area contributed by atoms with Crippen molar-refractivity contribution in [3.05, 3.63) is 55.6 Å². The van der Waals surface area contributed by atoms with Crippen LogP contribution in [0.25, 0.3) is 0 Å². The molecule has 0 aliphatic carbocycles. The van der Waals surface area contributed by atoms with Crippen LogP contribution in [0.4, 0.5) is 0 Å². The third-order valence-corrected chi connectivity index (χ3v) is 6.75. The molecule has 2 rings (SSSR count). The molecule has 0 unspecified atom stereocenters. The van der Waals surface area contributed by atoms with Crippen molar-refractivity contribution in [3.8, 4) is 0 Å². The summed E-state index contributed by atoms with van der Waals surface area (Å²) in [5.41, 5.74) is 15.4. The quantitative estimate of drug-likeness (QED) is 0.350. The van der Waals surface area contributed by atoms with Crippen molar-refractivity contribution in [2.24, 2.45) is 0 Å². The van der Waals surface area contributed by atoms with Gasteiger partial charge in [0.25, 0.3) is 0 Å². The van der Waals surface area contributed by atoms with Gasteiger partial charge in [-0.25, -0.2) is 0 Å². The van der Waals surface area contributed by atoms with Crippen LogP contribution in [0.2, 0.25) is 0 Å². The fourth-order valence-corrected chi connectivity index (χ4v) is 4.05. The van der Waals surface area contributed by atoms with Gasteiger partial charge in [-0.05, 0) is 0 Å². The normalized spacial score (nSPS) is 9.72. The number of rotatable bonds is 6. The van der Waals surface area contributed by atoms with E-state index in [9.17, 15) is 0 Å². The molecule has 0 aromatic heterocycles. The Labute approximate surface area is 213 Å². The molecule has 0 nitrogen and oxygen atoms in total. The van der Waals surface area contributed by atoms with Gasteiger partial charge in [0.15, 0.2) is 0 Å². The van der Waals surface area contributed by atoms with Crippen LogP contribution >= 0.6 is 0 Å². The molecule has 0 spiro atoms. The first-order valence-electron chi connectivity index (χ1n) is 10.6. The molecule has 164 valence electrons. The van der Waals surface area contributed by atoms with Crippen molar-refractivity contribution in [1.29, 1.82) is 0 Å². The van der Waals surface area contributed by atoms with Gasteiger partial charge in [-0.1, -0.05) is 108 Å². The molecule has 0 aliphatic heterocycles. The third kappa shape index (κ3) is 8.30. The van der Waals surface area contributed by atoms with Crippen molar-refractivity contribution < 1.29 is 50.7 Å². The van der Waals surface area contributed by atoms with E-state index < -0.39 is 0 Å². The molecule has 2 aromatic rings. The fraction of sp³-hybridized carbons (Fsp3) is 0.615. The number of hydrogen-bond acceptors (Lipinski definition) is 0. The molecule has 0 atom stereocenters. The van der Waals surface area contributed by atoms with E-state index in [4.69, 9.17) is 0 Å². The Morgan fingerprint density at radius 3 is 0.862 bits per heavy atom. The van der Waals surface area contributed by atoms with E-state index >= 15 is 0 Å². The minimum absolute atomic E-state index is 0. The summed E-state index contributed by atoms with van der Waals surface area (Å²) in [5.74, 6) is 0. The summed E-state index contributed by atoms with van der Waals surface area (Å²) in [7, 11) is 0. The smallest absolute Gasteiger partial charge is 1.00 e. The molecule has 2 aromatic carbocycles. The van der Waals surface area contributed by atoms with Crippen LogP contribution in [-0.4, -0.2) is 0 Å². The second-order valence-corrected chi connectivity index (χ2v) is 8.16. The molecule has 0 heterocycles. The SMILES string of the molecule is CCCC[c-]1c(C)c(C)c(C)c1C.CCCC[c-]1c(C)c(C)c(C)c1C.[Cl-].[Cl-].[Hf+4]. The summed E-state index contributed by atoms with van der Waals surface area (Å²) >= 11 is 0. The molecule has 0 saturated carbocycles. The van der Waals surface area contributed by atoms with Crippen molar-refractivity contribution in [2.75, 3.05) is 0 Å². The summed E-state index contributed by atoms with van der Waals surface area (Å²) in [4.78, 5) is 0. The summed E-state index contributed by atoms with van der Waals surface area (Å²) < 4.78 is 0. The summed E-state index contributed by atoms with van der Waals surface area (Å²) in [5, 5.41) is 0. The van der Waals surface area contributed by atoms with Crippen LogP contribution in [0.3, 0.4) is 0 Å². The molecule has 0 aliphatic rings. The van der Waals surface area contributed by atoms with Gasteiger partial charge in [0.1, 0.15) is 0 Å². The zero-order chi connectivity index (χ0) is 20.0. The minimum Gasteiger partial charge on any atom is -1.00 e. The van der Waals surface area contributed by atoms with Gasteiger partial charge >= 0.3 is 25.8 Å². The van der Waals surface area contributed by atoms with E-state index in [1.54, 1.807) is 11.1 Å². The zero-order valence-electron chi connectivity index (χ0n) is 20.5. The largest absolute Gasteiger partial charge is 4.00 e. The van der Waals surface area contributed by atoms with E-state index in [-0.39, 0.29) is 50.7 Å². The van der Waals surface area contributed by atoms with Gasteiger partial charge in [0.2, 0.25) is 0 Å². The van der Waals surface area contributed by atoms with Gasteiger partial charge in [-0.3, -0.25) is 0 Å². The van der Waals surface area contributed by atoms with Crippen molar-refractivity contribution in [3.63, 3.8) is 0 Å². The van der Waals surface area contributed by atoms with Gasteiger partial charge in [-0.15, -0.1) is 0 Å². The molecule has 0 N–H and O–H groups in total. The molecule has 0 fully saturated rings. The third-order valence-electron chi connectivity index (χ3n) is 6.75. The van der Waals surface area contributed by atoms with Gasteiger partial charge < -0.3 is 24.8 Å². The van der Waals surface area contributed by atoms with E-state index in [1.807, 2.05) is 0 Å². The standard InChI is InChI=1S/2C13H21.2ClH.Hf/c2*1-6-7-8-13-11(4)9(2)10(3)12(13)5;;;/h2*6-8H2,1-5H3;2*1H;/q2*-1;;;+4/p-2. The summed E-state index contributed by atoms with van der Waals surface area (Å²) in [6, 6.07) is 0. The van der Waals surface area contributed by atoms with Crippen LogP contribution in [0.1, 0.15) is 95.2 Å². The Balaban J connectivity index is -0.000000422. The maximum Gasteiger partial charge on any atom is 4.00 e. The van der Waals surface area contributed by atoms with Gasteiger partial charge in [0.05, 0.1) is 0 Å². The second-order valence-electron chi connectivity index (χ2n) is 8.16. The van der Waals surface area contributed by atoms with Gasteiger partial charge in [0, 0.05) is 0 Å². The van der Waals surface area contributed by atoms with Crippen LogP contribution in [0.5, 0.6) is 0 Å². The van der Waals surface area contributed by atoms with E-state index in [1.165, 1.54) is 83.0 Å². The predicted octanol–water partition coefficient (Wildman–Crippen LogP) is 1.97. The Bertz CT molecular complexity index is 607. The first-order valence-corrected chi connectivity index (χ1v) is 10.6. The molecule has 3 heteroatoms. The Morgan fingerprint density at radius 1 is 0.483 bits per heavy atom. The fourth-order valence-electron chi connectivity index (χ4n) is 4.05. The molecule has 0 bridgehead atoms. The summed E-state index contributed by atoms with van der Waals surface area (Å²) in [6.07, 6.45) is 7.77. The second kappa shape index (κ2) is 15.9. The van der Waals surface area contributed by atoms with E-state index in [2.05, 4.69) is 69.2 Å². The van der Waals surface area contributed by atoms with Crippen molar-refractivity contribution >= 4 is 0 Å². The average Bonchev–Trinajstić information content (AvgIpc) is 2.93. The maximum atomic E-state index is 2.26. The summed E-state index contributed by atoms with van der Waals surface area (Å²) in [6.45, 7) is 22.5. The monoisotopic (exact) mass is 604 g/mol.